The van der Waals surface area contributed by atoms with Gasteiger partial charge in [-0.25, -0.2) is 4.79 Å². The summed E-state index contributed by atoms with van der Waals surface area (Å²) < 4.78 is 5.42. The second kappa shape index (κ2) is 4.78. The Bertz CT molecular complexity index is 420. The Morgan fingerprint density at radius 2 is 1.65 bits per heavy atom. The number of rotatable bonds is 0. The van der Waals surface area contributed by atoms with E-state index in [9.17, 15) is 4.79 Å². The average Bonchev–Trinajstić information content (AvgIpc) is 2.24. The Hall–Kier alpha value is -0.990. The highest BCUT2D eigenvalue weighted by molar-refractivity contribution is 5.69. The van der Waals surface area contributed by atoms with Crippen LogP contribution < -0.4 is 0 Å². The largest absolute Gasteiger partial charge is 0.444 e. The maximum atomic E-state index is 11.9. The summed E-state index contributed by atoms with van der Waals surface area (Å²) in [7, 11) is 0. The molecule has 0 aromatic rings. The Labute approximate surface area is 122 Å². The molecule has 1 aliphatic heterocycles. The molecule has 0 N–H and O–H groups in total. The third-order valence-electron chi connectivity index (χ3n) is 4.84. The van der Waals surface area contributed by atoms with Crippen molar-refractivity contribution in [3.05, 3.63) is 11.1 Å². The minimum Gasteiger partial charge on any atom is -0.444 e. The van der Waals surface area contributed by atoms with Gasteiger partial charge >= 0.3 is 6.09 Å². The van der Waals surface area contributed by atoms with Crippen LogP contribution in [0.2, 0.25) is 0 Å². The van der Waals surface area contributed by atoms with Gasteiger partial charge in [0, 0.05) is 18.5 Å². The number of carbonyl (C=O) groups is 1. The van der Waals surface area contributed by atoms with Gasteiger partial charge in [0.05, 0.1) is 0 Å². The van der Waals surface area contributed by atoms with E-state index < -0.39 is 0 Å². The van der Waals surface area contributed by atoms with E-state index in [1.54, 1.807) is 11.1 Å². The van der Waals surface area contributed by atoms with E-state index in [-0.39, 0.29) is 11.7 Å². The first kappa shape index (κ1) is 14.0. The SMILES string of the molecule is CC(C)(C)OC(=O)N1CC2(CC(=C3CCCCC3)C2)C1. The predicted octanol–water partition coefficient (Wildman–Crippen LogP) is 4.28. The van der Waals surface area contributed by atoms with Crippen molar-refractivity contribution in [2.45, 2.75) is 71.3 Å². The fourth-order valence-electron chi connectivity index (χ4n) is 3.88. The highest BCUT2D eigenvalue weighted by Gasteiger charge is 2.52. The molecule has 3 heteroatoms. The van der Waals surface area contributed by atoms with Crippen LogP contribution in [0.5, 0.6) is 0 Å². The van der Waals surface area contributed by atoms with Crippen molar-refractivity contribution in [2.75, 3.05) is 13.1 Å². The summed E-state index contributed by atoms with van der Waals surface area (Å²) in [5.41, 5.74) is 3.50. The van der Waals surface area contributed by atoms with Gasteiger partial charge in [0.1, 0.15) is 5.60 Å². The highest BCUT2D eigenvalue weighted by atomic mass is 16.6. The zero-order valence-corrected chi connectivity index (χ0v) is 13.1. The minimum atomic E-state index is -0.380. The molecule has 0 unspecified atom stereocenters. The van der Waals surface area contributed by atoms with Crippen LogP contribution in [-0.4, -0.2) is 29.7 Å². The fourth-order valence-corrected chi connectivity index (χ4v) is 3.88. The molecule has 0 aromatic heterocycles. The summed E-state index contributed by atoms with van der Waals surface area (Å²) in [6.45, 7) is 7.58. The number of hydrogen-bond acceptors (Lipinski definition) is 2. The van der Waals surface area contributed by atoms with E-state index in [4.69, 9.17) is 4.74 Å². The predicted molar refractivity (Wildman–Crippen MR) is 79.6 cm³/mol. The Morgan fingerprint density at radius 1 is 1.05 bits per heavy atom. The molecular formula is C17H27NO2. The monoisotopic (exact) mass is 277 g/mol. The second-order valence-corrected chi connectivity index (χ2v) is 7.96. The van der Waals surface area contributed by atoms with Gasteiger partial charge in [-0.3, -0.25) is 0 Å². The quantitative estimate of drug-likeness (QED) is 0.619. The molecule has 0 aromatic carbocycles. The van der Waals surface area contributed by atoms with Crippen LogP contribution >= 0.6 is 0 Å². The summed E-state index contributed by atoms with van der Waals surface area (Å²) in [6.07, 6.45) is 9.19. The molecule has 1 spiro atoms. The number of ether oxygens (including phenoxy) is 1. The van der Waals surface area contributed by atoms with Gasteiger partial charge in [-0.05, 0) is 59.3 Å². The van der Waals surface area contributed by atoms with Gasteiger partial charge in [-0.15, -0.1) is 0 Å². The van der Waals surface area contributed by atoms with Crippen LogP contribution in [-0.2, 0) is 4.74 Å². The van der Waals surface area contributed by atoms with Crippen molar-refractivity contribution in [1.29, 1.82) is 0 Å². The lowest BCUT2D eigenvalue weighted by Gasteiger charge is -2.57. The lowest BCUT2D eigenvalue weighted by atomic mass is 9.59. The third-order valence-corrected chi connectivity index (χ3v) is 4.84. The van der Waals surface area contributed by atoms with Gasteiger partial charge < -0.3 is 9.64 Å². The summed E-state index contributed by atoms with van der Waals surface area (Å²) in [5.74, 6) is 0. The van der Waals surface area contributed by atoms with Gasteiger partial charge in [-0.2, -0.15) is 0 Å². The molecule has 1 amide bonds. The standard InChI is InChI=1S/C17H27NO2/c1-16(2,3)20-15(19)18-11-17(12-18)9-14(10-17)13-7-5-4-6-8-13/h4-12H2,1-3H3. The van der Waals surface area contributed by atoms with Crippen LogP contribution in [0, 0.1) is 5.41 Å². The lowest BCUT2D eigenvalue weighted by molar-refractivity contribution is -0.0508. The van der Waals surface area contributed by atoms with Crippen molar-refractivity contribution in [1.82, 2.24) is 4.90 Å². The van der Waals surface area contributed by atoms with Crippen molar-refractivity contribution < 1.29 is 9.53 Å². The normalized spacial score (nSPS) is 25.2. The van der Waals surface area contributed by atoms with Crippen molar-refractivity contribution in [3.8, 4) is 0 Å². The average molecular weight is 277 g/mol. The Kier molecular flexibility index (Phi) is 3.34. The van der Waals surface area contributed by atoms with Gasteiger partial charge in [0.25, 0.3) is 0 Å². The summed E-state index contributed by atoms with van der Waals surface area (Å²) in [6, 6.07) is 0. The van der Waals surface area contributed by atoms with Crippen LogP contribution in [0.4, 0.5) is 4.79 Å². The topological polar surface area (TPSA) is 29.5 Å². The molecular weight excluding hydrogens is 250 g/mol. The molecule has 3 fully saturated rings. The van der Waals surface area contributed by atoms with E-state index in [0.717, 1.165) is 13.1 Å². The van der Waals surface area contributed by atoms with Gasteiger partial charge in [-0.1, -0.05) is 17.6 Å². The fraction of sp³-hybridized carbons (Fsp3) is 0.824. The first-order chi connectivity index (χ1) is 9.37. The van der Waals surface area contributed by atoms with E-state index in [0.29, 0.717) is 5.41 Å². The first-order valence-electron chi connectivity index (χ1n) is 8.05. The van der Waals surface area contributed by atoms with Crippen LogP contribution in [0.25, 0.3) is 0 Å². The van der Waals surface area contributed by atoms with Crippen LogP contribution in [0.3, 0.4) is 0 Å². The number of amides is 1. The molecule has 20 heavy (non-hydrogen) atoms. The molecule has 0 atom stereocenters. The van der Waals surface area contributed by atoms with Crippen molar-refractivity contribution >= 4 is 6.09 Å². The molecule has 1 saturated heterocycles. The zero-order valence-electron chi connectivity index (χ0n) is 13.1. The van der Waals surface area contributed by atoms with Gasteiger partial charge in [0.2, 0.25) is 0 Å². The number of likely N-dealkylation sites (tertiary alicyclic amines) is 1. The first-order valence-corrected chi connectivity index (χ1v) is 8.05. The molecule has 3 nitrogen and oxygen atoms in total. The van der Waals surface area contributed by atoms with E-state index in [2.05, 4.69) is 0 Å². The third kappa shape index (κ3) is 2.72. The number of hydrogen-bond donors (Lipinski definition) is 0. The summed E-state index contributed by atoms with van der Waals surface area (Å²) in [5, 5.41) is 0. The Morgan fingerprint density at radius 3 is 2.20 bits per heavy atom. The molecule has 112 valence electrons. The molecule has 2 aliphatic carbocycles. The van der Waals surface area contributed by atoms with E-state index >= 15 is 0 Å². The number of carbonyl (C=O) groups excluding carboxylic acids is 1. The second-order valence-electron chi connectivity index (χ2n) is 7.96. The van der Waals surface area contributed by atoms with E-state index in [1.165, 1.54) is 44.9 Å². The lowest BCUT2D eigenvalue weighted by Crippen LogP contribution is -2.62. The van der Waals surface area contributed by atoms with E-state index in [1.807, 2.05) is 25.7 Å². The Balaban J connectivity index is 1.49. The van der Waals surface area contributed by atoms with Crippen molar-refractivity contribution in [3.63, 3.8) is 0 Å². The minimum absolute atomic E-state index is 0.137. The van der Waals surface area contributed by atoms with Crippen LogP contribution in [0.15, 0.2) is 11.1 Å². The molecule has 0 bridgehead atoms. The molecule has 3 aliphatic rings. The molecule has 2 saturated carbocycles. The van der Waals surface area contributed by atoms with Crippen LogP contribution in [0.1, 0.15) is 65.7 Å². The summed E-state index contributed by atoms with van der Waals surface area (Å²) >= 11 is 0. The molecule has 3 rings (SSSR count). The maximum Gasteiger partial charge on any atom is 0.410 e. The smallest absolute Gasteiger partial charge is 0.410 e. The highest BCUT2D eigenvalue weighted by Crippen LogP contribution is 2.54. The number of nitrogens with zero attached hydrogens (tertiary/aromatic N) is 1. The maximum absolute atomic E-state index is 11.9. The molecule has 1 heterocycles. The number of allylic oxidation sites excluding steroid dienone is 2. The van der Waals surface area contributed by atoms with Crippen molar-refractivity contribution in [2.24, 2.45) is 5.41 Å². The molecule has 0 radical (unpaired) electrons. The summed E-state index contributed by atoms with van der Waals surface area (Å²) in [4.78, 5) is 13.8. The zero-order chi connectivity index (χ0) is 14.4. The van der Waals surface area contributed by atoms with Gasteiger partial charge in [0.15, 0.2) is 0 Å².